The van der Waals surface area contributed by atoms with Gasteiger partial charge in [-0.1, -0.05) is 13.8 Å². The molecule has 0 aromatic rings. The van der Waals surface area contributed by atoms with Gasteiger partial charge in [-0.05, 0) is 32.7 Å². The molecule has 1 rings (SSSR count). The molecule has 1 aliphatic heterocycles. The number of carbonyl (C=O) groups excluding carboxylic acids is 1. The van der Waals surface area contributed by atoms with Gasteiger partial charge in [-0.2, -0.15) is 0 Å². The zero-order valence-electron chi connectivity index (χ0n) is 14.2. The van der Waals surface area contributed by atoms with Gasteiger partial charge in [-0.15, -0.1) is 0 Å². The molecule has 1 heterocycles. The second kappa shape index (κ2) is 10.1. The van der Waals surface area contributed by atoms with Crippen LogP contribution in [0.2, 0.25) is 0 Å². The highest BCUT2D eigenvalue weighted by Gasteiger charge is 2.27. The Morgan fingerprint density at radius 1 is 1.48 bits per heavy atom. The van der Waals surface area contributed by atoms with Crippen molar-refractivity contribution in [1.29, 1.82) is 0 Å². The predicted octanol–water partition coefficient (Wildman–Crippen LogP) is 1.10. The maximum absolute atomic E-state index is 12.1. The molecule has 21 heavy (non-hydrogen) atoms. The third kappa shape index (κ3) is 6.76. The quantitative estimate of drug-likeness (QED) is 0.626. The summed E-state index contributed by atoms with van der Waals surface area (Å²) in [5.74, 6) is 0.717. The highest BCUT2D eigenvalue weighted by atomic mass is 16.5. The lowest BCUT2D eigenvalue weighted by atomic mass is 9.93. The number of amides is 1. The summed E-state index contributed by atoms with van der Waals surface area (Å²) in [6.45, 7) is 11.9. The van der Waals surface area contributed by atoms with Crippen molar-refractivity contribution in [1.82, 2.24) is 15.5 Å². The van der Waals surface area contributed by atoms with E-state index in [2.05, 4.69) is 22.5 Å². The number of hydrogen-bond donors (Lipinski definition) is 2. The van der Waals surface area contributed by atoms with Gasteiger partial charge in [0, 0.05) is 51.4 Å². The summed E-state index contributed by atoms with van der Waals surface area (Å²) >= 11 is 0. The van der Waals surface area contributed by atoms with E-state index in [1.165, 1.54) is 0 Å². The zero-order chi connectivity index (χ0) is 15.7. The van der Waals surface area contributed by atoms with E-state index in [9.17, 15) is 4.79 Å². The van der Waals surface area contributed by atoms with Crippen LogP contribution in [-0.2, 0) is 9.53 Å². The summed E-state index contributed by atoms with van der Waals surface area (Å²) in [6.07, 6.45) is 2.14. The molecule has 0 saturated carbocycles. The standard InChI is InChI=1S/C16H33N3O2/c1-5-21-10-6-8-19-9-7-15(14(3)12-19)18-16(20)13(2)11-17-4/h13-15,17H,5-12H2,1-4H3,(H,18,20). The molecule has 0 bridgehead atoms. The first-order valence-electron chi connectivity index (χ1n) is 8.33. The second-order valence-electron chi connectivity index (χ2n) is 6.19. The van der Waals surface area contributed by atoms with E-state index in [-0.39, 0.29) is 11.8 Å². The van der Waals surface area contributed by atoms with Gasteiger partial charge in [-0.25, -0.2) is 0 Å². The summed E-state index contributed by atoms with van der Waals surface area (Å²) in [6, 6.07) is 0.319. The molecule has 0 radical (unpaired) electrons. The van der Waals surface area contributed by atoms with Gasteiger partial charge >= 0.3 is 0 Å². The molecule has 0 aliphatic carbocycles. The van der Waals surface area contributed by atoms with Crippen molar-refractivity contribution >= 4 is 5.91 Å². The second-order valence-corrected chi connectivity index (χ2v) is 6.19. The Morgan fingerprint density at radius 2 is 2.24 bits per heavy atom. The van der Waals surface area contributed by atoms with Crippen LogP contribution < -0.4 is 10.6 Å². The molecule has 3 unspecified atom stereocenters. The fourth-order valence-electron chi connectivity index (χ4n) is 2.91. The lowest BCUT2D eigenvalue weighted by Gasteiger charge is -2.37. The third-order valence-electron chi connectivity index (χ3n) is 4.24. The molecule has 1 saturated heterocycles. The van der Waals surface area contributed by atoms with E-state index >= 15 is 0 Å². The van der Waals surface area contributed by atoms with E-state index in [1.807, 2.05) is 20.9 Å². The van der Waals surface area contributed by atoms with Crippen LogP contribution in [0.5, 0.6) is 0 Å². The van der Waals surface area contributed by atoms with Crippen LogP contribution in [0.25, 0.3) is 0 Å². The number of nitrogens with one attached hydrogen (secondary N) is 2. The molecule has 2 N–H and O–H groups in total. The van der Waals surface area contributed by atoms with E-state index < -0.39 is 0 Å². The van der Waals surface area contributed by atoms with Gasteiger partial charge in [0.2, 0.25) is 5.91 Å². The number of piperidine rings is 1. The predicted molar refractivity (Wildman–Crippen MR) is 86.4 cm³/mol. The van der Waals surface area contributed by atoms with Gasteiger partial charge in [0.1, 0.15) is 0 Å². The van der Waals surface area contributed by atoms with Crippen molar-refractivity contribution in [2.45, 2.75) is 39.7 Å². The molecule has 5 nitrogen and oxygen atoms in total. The maximum atomic E-state index is 12.1. The summed E-state index contributed by atoms with van der Waals surface area (Å²) < 4.78 is 5.38. The van der Waals surface area contributed by atoms with E-state index in [4.69, 9.17) is 4.74 Å². The summed E-state index contributed by atoms with van der Waals surface area (Å²) in [7, 11) is 1.88. The number of ether oxygens (including phenoxy) is 1. The Kier molecular flexibility index (Phi) is 8.88. The number of carbonyl (C=O) groups is 1. The van der Waals surface area contributed by atoms with Crippen LogP contribution in [0.15, 0.2) is 0 Å². The third-order valence-corrected chi connectivity index (χ3v) is 4.24. The molecule has 124 valence electrons. The van der Waals surface area contributed by atoms with Crippen molar-refractivity contribution in [3.8, 4) is 0 Å². The minimum absolute atomic E-state index is 0.0337. The van der Waals surface area contributed by atoms with Crippen LogP contribution in [0.3, 0.4) is 0 Å². The summed E-state index contributed by atoms with van der Waals surface area (Å²) in [5.41, 5.74) is 0. The van der Waals surface area contributed by atoms with Crippen molar-refractivity contribution in [2.75, 3.05) is 46.4 Å². The molecule has 0 spiro atoms. The molecule has 5 heteroatoms. The lowest BCUT2D eigenvalue weighted by molar-refractivity contribution is -0.125. The Labute approximate surface area is 129 Å². The number of nitrogens with zero attached hydrogens (tertiary/aromatic N) is 1. The van der Waals surface area contributed by atoms with Crippen LogP contribution in [-0.4, -0.2) is 63.3 Å². The molecule has 1 fully saturated rings. The molecule has 3 atom stereocenters. The highest BCUT2D eigenvalue weighted by Crippen LogP contribution is 2.17. The van der Waals surface area contributed by atoms with E-state index in [0.717, 1.165) is 52.2 Å². The first-order chi connectivity index (χ1) is 10.1. The normalized spacial score (nSPS) is 24.8. The van der Waals surface area contributed by atoms with Crippen molar-refractivity contribution < 1.29 is 9.53 Å². The maximum Gasteiger partial charge on any atom is 0.224 e. The fourth-order valence-corrected chi connectivity index (χ4v) is 2.91. The van der Waals surface area contributed by atoms with Crippen LogP contribution in [0.4, 0.5) is 0 Å². The fraction of sp³-hybridized carbons (Fsp3) is 0.938. The zero-order valence-corrected chi connectivity index (χ0v) is 14.2. The van der Waals surface area contributed by atoms with Crippen LogP contribution >= 0.6 is 0 Å². The first-order valence-corrected chi connectivity index (χ1v) is 8.33. The van der Waals surface area contributed by atoms with Crippen molar-refractivity contribution in [3.63, 3.8) is 0 Å². The Bertz CT molecular complexity index is 299. The Hall–Kier alpha value is -0.650. The minimum atomic E-state index is 0.0337. The highest BCUT2D eigenvalue weighted by molar-refractivity contribution is 5.78. The molecular weight excluding hydrogens is 266 g/mol. The van der Waals surface area contributed by atoms with Crippen molar-refractivity contribution in [2.24, 2.45) is 11.8 Å². The van der Waals surface area contributed by atoms with Crippen molar-refractivity contribution in [3.05, 3.63) is 0 Å². The van der Waals surface area contributed by atoms with Gasteiger partial charge in [-0.3, -0.25) is 4.79 Å². The number of rotatable bonds is 9. The minimum Gasteiger partial charge on any atom is -0.382 e. The van der Waals surface area contributed by atoms with Gasteiger partial charge in [0.15, 0.2) is 0 Å². The molecule has 0 aromatic carbocycles. The van der Waals surface area contributed by atoms with Gasteiger partial charge in [0.25, 0.3) is 0 Å². The lowest BCUT2D eigenvalue weighted by Crippen LogP contribution is -2.51. The van der Waals surface area contributed by atoms with E-state index in [0.29, 0.717) is 12.0 Å². The molecule has 1 aliphatic rings. The number of hydrogen-bond acceptors (Lipinski definition) is 4. The monoisotopic (exact) mass is 299 g/mol. The molecular formula is C16H33N3O2. The Balaban J connectivity index is 2.27. The molecule has 0 aromatic heterocycles. The topological polar surface area (TPSA) is 53.6 Å². The summed E-state index contributed by atoms with van der Waals surface area (Å²) in [5, 5.41) is 6.28. The average Bonchev–Trinajstić information content (AvgIpc) is 2.46. The molecule has 1 amide bonds. The number of likely N-dealkylation sites (tertiary alicyclic amines) is 1. The van der Waals surface area contributed by atoms with Crippen LogP contribution in [0, 0.1) is 11.8 Å². The smallest absolute Gasteiger partial charge is 0.224 e. The first kappa shape index (κ1) is 18.4. The largest absolute Gasteiger partial charge is 0.382 e. The Morgan fingerprint density at radius 3 is 2.86 bits per heavy atom. The average molecular weight is 299 g/mol. The summed E-state index contributed by atoms with van der Waals surface area (Å²) in [4.78, 5) is 14.6. The van der Waals surface area contributed by atoms with Crippen LogP contribution in [0.1, 0.15) is 33.6 Å². The van der Waals surface area contributed by atoms with E-state index in [1.54, 1.807) is 0 Å². The SMILES string of the molecule is CCOCCCN1CCC(NC(=O)C(C)CNC)C(C)C1. The van der Waals surface area contributed by atoms with Gasteiger partial charge < -0.3 is 20.3 Å². The van der Waals surface area contributed by atoms with Gasteiger partial charge in [0.05, 0.1) is 0 Å².